The van der Waals surface area contributed by atoms with Crippen LogP contribution in [0.5, 0.6) is 0 Å². The van der Waals surface area contributed by atoms with Crippen molar-refractivity contribution in [3.63, 3.8) is 0 Å². The summed E-state index contributed by atoms with van der Waals surface area (Å²) in [7, 11) is 0. The van der Waals surface area contributed by atoms with Gasteiger partial charge >= 0.3 is 0 Å². The molecule has 1 aliphatic heterocycles. The largest absolute Gasteiger partial charge is 0.366 e. The van der Waals surface area contributed by atoms with Crippen molar-refractivity contribution in [2.45, 2.75) is 11.6 Å². The van der Waals surface area contributed by atoms with Crippen molar-refractivity contribution in [3.05, 3.63) is 90.5 Å². The van der Waals surface area contributed by atoms with Crippen LogP contribution in [-0.4, -0.2) is 52.3 Å². The first-order valence-corrected chi connectivity index (χ1v) is 12.1. The van der Waals surface area contributed by atoms with E-state index in [-0.39, 0.29) is 11.7 Å². The number of amides is 1. The van der Waals surface area contributed by atoms with Gasteiger partial charge in [0.05, 0.1) is 17.0 Å². The van der Waals surface area contributed by atoms with Crippen LogP contribution in [0, 0.1) is 5.82 Å². The Kier molecular flexibility index (Phi) is 6.30. The van der Waals surface area contributed by atoms with Gasteiger partial charge in [-0.1, -0.05) is 54.2 Å². The molecule has 2 aromatic carbocycles. The van der Waals surface area contributed by atoms with Crippen LogP contribution in [0.3, 0.4) is 0 Å². The minimum Gasteiger partial charge on any atom is -0.366 e. The van der Waals surface area contributed by atoms with Crippen LogP contribution in [0.25, 0.3) is 10.9 Å². The summed E-state index contributed by atoms with van der Waals surface area (Å²) in [6.45, 7) is 3.25. The summed E-state index contributed by atoms with van der Waals surface area (Å²) >= 11 is 1.48. The molecule has 0 unspecified atom stereocenters. The fourth-order valence-corrected chi connectivity index (χ4v) is 5.16. The lowest BCUT2D eigenvalue weighted by atomic mass is 10.2. The molecule has 33 heavy (non-hydrogen) atoms. The minimum atomic E-state index is -0.216. The van der Waals surface area contributed by atoms with Crippen LogP contribution < -0.4 is 4.90 Å². The molecular formula is C26H25FN4OS. The number of rotatable bonds is 6. The monoisotopic (exact) mass is 460 g/mol. The van der Waals surface area contributed by atoms with E-state index >= 15 is 0 Å². The molecule has 0 aliphatic carbocycles. The second kappa shape index (κ2) is 9.67. The molecule has 0 saturated carbocycles. The number of thioether (sulfide) groups is 1. The van der Waals surface area contributed by atoms with Gasteiger partial charge < -0.3 is 14.4 Å². The maximum Gasteiger partial charge on any atom is 0.233 e. The maximum absolute atomic E-state index is 14.1. The first-order valence-electron chi connectivity index (χ1n) is 11.1. The molecule has 1 amide bonds. The first kappa shape index (κ1) is 21.5. The van der Waals surface area contributed by atoms with Crippen LogP contribution in [0.4, 0.5) is 10.1 Å². The number of carbonyl (C=O) groups is 1. The summed E-state index contributed by atoms with van der Waals surface area (Å²) in [5.41, 5.74) is 2.96. The molecule has 0 radical (unpaired) electrons. The second-order valence-corrected chi connectivity index (χ2v) is 9.05. The number of pyridine rings is 1. The van der Waals surface area contributed by atoms with Gasteiger partial charge in [0.1, 0.15) is 10.8 Å². The molecule has 5 nitrogen and oxygen atoms in total. The predicted octanol–water partition coefficient (Wildman–Crippen LogP) is 4.66. The van der Waals surface area contributed by atoms with Crippen molar-refractivity contribution in [1.82, 2.24) is 14.5 Å². The van der Waals surface area contributed by atoms with Gasteiger partial charge in [-0.2, -0.15) is 0 Å². The summed E-state index contributed by atoms with van der Waals surface area (Å²) in [6, 6.07) is 21.2. The number of aromatic nitrogens is 2. The number of hydrogen-bond donors (Lipinski definition) is 0. The predicted molar refractivity (Wildman–Crippen MR) is 131 cm³/mol. The van der Waals surface area contributed by atoms with E-state index < -0.39 is 0 Å². The quantitative estimate of drug-likeness (QED) is 0.393. The van der Waals surface area contributed by atoms with Crippen molar-refractivity contribution >= 4 is 34.3 Å². The van der Waals surface area contributed by atoms with Crippen molar-refractivity contribution in [2.75, 3.05) is 36.8 Å². The smallest absolute Gasteiger partial charge is 0.233 e. The molecule has 0 N–H and O–H groups in total. The summed E-state index contributed by atoms with van der Waals surface area (Å²) in [4.78, 5) is 21.2. The van der Waals surface area contributed by atoms with Crippen LogP contribution in [0.2, 0.25) is 0 Å². The zero-order chi connectivity index (χ0) is 22.6. The summed E-state index contributed by atoms with van der Waals surface area (Å²) < 4.78 is 16.3. The number of nitrogens with zero attached hydrogens (tertiary/aromatic N) is 4. The van der Waals surface area contributed by atoms with E-state index in [9.17, 15) is 9.18 Å². The van der Waals surface area contributed by atoms with Crippen LogP contribution >= 0.6 is 11.8 Å². The maximum atomic E-state index is 14.1. The van der Waals surface area contributed by atoms with Gasteiger partial charge in [-0.25, -0.2) is 9.37 Å². The summed E-state index contributed by atoms with van der Waals surface area (Å²) in [5.74, 6) is 0.220. The average molecular weight is 461 g/mol. The Balaban J connectivity index is 1.20. The number of piperazine rings is 1. The van der Waals surface area contributed by atoms with Gasteiger partial charge in [-0.15, -0.1) is 0 Å². The van der Waals surface area contributed by atoms with Crippen molar-refractivity contribution in [2.24, 2.45) is 0 Å². The zero-order valence-electron chi connectivity index (χ0n) is 18.2. The highest BCUT2D eigenvalue weighted by atomic mass is 32.2. The lowest BCUT2D eigenvalue weighted by Gasteiger charge is -2.36. The van der Waals surface area contributed by atoms with Crippen LogP contribution in [-0.2, 0) is 11.3 Å². The molecule has 4 aromatic rings. The van der Waals surface area contributed by atoms with Gasteiger partial charge in [0, 0.05) is 50.5 Å². The van der Waals surface area contributed by atoms with Gasteiger partial charge in [0.2, 0.25) is 5.91 Å². The Morgan fingerprint density at radius 2 is 1.70 bits per heavy atom. The lowest BCUT2D eigenvalue weighted by Crippen LogP contribution is -2.49. The van der Waals surface area contributed by atoms with Crippen LogP contribution in [0.1, 0.15) is 5.56 Å². The van der Waals surface area contributed by atoms with E-state index in [1.807, 2.05) is 46.3 Å². The van der Waals surface area contributed by atoms with Gasteiger partial charge in [0.25, 0.3) is 0 Å². The third-order valence-corrected chi connectivity index (χ3v) is 7.00. The molecule has 3 heterocycles. The Labute approximate surface area is 196 Å². The van der Waals surface area contributed by atoms with Gasteiger partial charge in [0.15, 0.2) is 0 Å². The van der Waals surface area contributed by atoms with Gasteiger partial charge in [-0.3, -0.25) is 4.79 Å². The number of anilines is 1. The number of hydrogen-bond acceptors (Lipinski definition) is 4. The number of para-hydroxylation sites is 1. The number of fused-ring (bicyclic) bond motifs is 1. The highest BCUT2D eigenvalue weighted by molar-refractivity contribution is 8.00. The molecule has 1 fully saturated rings. The van der Waals surface area contributed by atoms with Crippen molar-refractivity contribution in [3.8, 4) is 0 Å². The van der Waals surface area contributed by atoms with E-state index in [1.165, 1.54) is 23.4 Å². The second-order valence-electron chi connectivity index (χ2n) is 8.09. The molecule has 5 rings (SSSR count). The molecule has 2 aromatic heterocycles. The molecular weight excluding hydrogens is 435 g/mol. The lowest BCUT2D eigenvalue weighted by molar-refractivity contribution is -0.128. The Bertz CT molecular complexity index is 1250. The standard InChI is InChI=1S/C26H25FN4OS/c27-22-8-4-5-9-24(22)29-14-16-30(17-15-29)25(32)19-33-26-21-11-13-31(23(21)10-12-28-26)18-20-6-2-1-3-7-20/h1-13H,14-19H2. The first-order chi connectivity index (χ1) is 16.2. The Morgan fingerprint density at radius 3 is 2.48 bits per heavy atom. The number of benzene rings is 2. The highest BCUT2D eigenvalue weighted by Crippen LogP contribution is 2.28. The van der Waals surface area contributed by atoms with Gasteiger partial charge in [-0.05, 0) is 29.8 Å². The Hall–Kier alpha value is -3.32. The number of carbonyl (C=O) groups excluding carboxylic acids is 1. The average Bonchev–Trinajstić information content (AvgIpc) is 3.27. The van der Waals surface area contributed by atoms with E-state index in [2.05, 4.69) is 33.9 Å². The molecule has 7 heteroatoms. The minimum absolute atomic E-state index is 0.0932. The molecule has 168 valence electrons. The van der Waals surface area contributed by atoms with E-state index in [1.54, 1.807) is 12.1 Å². The van der Waals surface area contributed by atoms with Crippen molar-refractivity contribution in [1.29, 1.82) is 0 Å². The molecule has 0 bridgehead atoms. The third kappa shape index (κ3) is 4.73. The van der Waals surface area contributed by atoms with Crippen LogP contribution in [0.15, 0.2) is 84.1 Å². The fourth-order valence-electron chi connectivity index (χ4n) is 4.26. The Morgan fingerprint density at radius 1 is 0.939 bits per heavy atom. The SMILES string of the molecule is O=C(CSc1nccc2c1ccn2Cc1ccccc1)N1CCN(c2ccccc2F)CC1. The third-order valence-electron chi connectivity index (χ3n) is 6.01. The highest BCUT2D eigenvalue weighted by Gasteiger charge is 2.23. The van der Waals surface area contributed by atoms with E-state index in [0.717, 1.165) is 22.5 Å². The number of halogens is 1. The molecule has 1 aliphatic rings. The molecule has 1 saturated heterocycles. The summed E-state index contributed by atoms with van der Waals surface area (Å²) in [6.07, 6.45) is 3.89. The normalized spacial score (nSPS) is 14.1. The topological polar surface area (TPSA) is 41.4 Å². The molecule has 0 atom stereocenters. The fraction of sp³-hybridized carbons (Fsp3) is 0.231. The van der Waals surface area contributed by atoms with E-state index in [0.29, 0.717) is 37.6 Å². The molecule has 0 spiro atoms. The zero-order valence-corrected chi connectivity index (χ0v) is 19.0. The summed E-state index contributed by atoms with van der Waals surface area (Å²) in [5, 5.41) is 1.94. The van der Waals surface area contributed by atoms with E-state index in [4.69, 9.17) is 0 Å². The van der Waals surface area contributed by atoms with Crippen molar-refractivity contribution < 1.29 is 9.18 Å².